The van der Waals surface area contributed by atoms with Gasteiger partial charge in [0, 0.05) is 12.3 Å². The minimum absolute atomic E-state index is 0.155. The highest BCUT2D eigenvalue weighted by atomic mass is 19.1. The van der Waals surface area contributed by atoms with Gasteiger partial charge in [-0.1, -0.05) is 0 Å². The summed E-state index contributed by atoms with van der Waals surface area (Å²) in [5.74, 6) is 0. The molecule has 0 amide bonds. The number of nitrogens with zero attached hydrogens (tertiary/aromatic N) is 1. The molecular weight excluding hydrogens is 275 g/mol. The molecule has 108 valence electrons. The lowest BCUT2D eigenvalue weighted by molar-refractivity contribution is -0.0996. The number of aromatic amines is 1. The standard InChI is InChI=1S/C11H11FN2O6/c1-11(12)7-5(4-18-10(17)20-7)19-8(11)14-3-2-6(15)13-9(14)16/h2-3,5,7-8H,4H2,1H3,(H,13,15,16)/t5-,7-,8-,11-/m1/s1. The van der Waals surface area contributed by atoms with E-state index in [2.05, 4.69) is 4.74 Å². The van der Waals surface area contributed by atoms with Crippen LogP contribution in [0.5, 0.6) is 0 Å². The van der Waals surface area contributed by atoms with E-state index < -0.39 is 41.5 Å². The number of nitrogens with one attached hydrogen (secondary N) is 1. The Balaban J connectivity index is 2.00. The van der Waals surface area contributed by atoms with Crippen LogP contribution in [0.2, 0.25) is 0 Å². The third-order valence-electron chi connectivity index (χ3n) is 3.37. The monoisotopic (exact) mass is 286 g/mol. The summed E-state index contributed by atoms with van der Waals surface area (Å²) in [6.45, 7) is 1.01. The van der Waals surface area contributed by atoms with Crippen LogP contribution in [0.4, 0.5) is 9.18 Å². The fourth-order valence-electron chi connectivity index (χ4n) is 2.43. The number of cyclic esters (lactones) is 1. The third kappa shape index (κ3) is 1.82. The van der Waals surface area contributed by atoms with E-state index in [1.807, 2.05) is 4.98 Å². The summed E-state index contributed by atoms with van der Waals surface area (Å²) in [6, 6.07) is 1.07. The molecule has 20 heavy (non-hydrogen) atoms. The molecule has 0 radical (unpaired) electrons. The molecular formula is C11H11FN2O6. The molecule has 3 heterocycles. The maximum atomic E-state index is 14.8. The van der Waals surface area contributed by atoms with Crippen molar-refractivity contribution >= 4 is 6.16 Å². The van der Waals surface area contributed by atoms with Crippen molar-refractivity contribution in [2.75, 3.05) is 6.61 Å². The Morgan fingerprint density at radius 2 is 2.20 bits per heavy atom. The third-order valence-corrected chi connectivity index (χ3v) is 3.37. The molecule has 0 saturated carbocycles. The molecule has 1 N–H and O–H groups in total. The van der Waals surface area contributed by atoms with Crippen LogP contribution in [0.25, 0.3) is 0 Å². The smallest absolute Gasteiger partial charge is 0.431 e. The number of halogens is 1. The molecule has 2 aliphatic heterocycles. The van der Waals surface area contributed by atoms with Gasteiger partial charge in [-0.25, -0.2) is 14.0 Å². The molecule has 4 atom stereocenters. The van der Waals surface area contributed by atoms with E-state index in [1.165, 1.54) is 6.92 Å². The number of H-pyrrole nitrogens is 1. The summed E-state index contributed by atoms with van der Waals surface area (Å²) in [5, 5.41) is 0. The number of carbonyl (C=O) groups excluding carboxylic acids is 1. The van der Waals surface area contributed by atoms with E-state index in [0.29, 0.717) is 0 Å². The molecule has 1 aromatic heterocycles. The predicted octanol–water partition coefficient (Wildman–Crippen LogP) is -0.302. The van der Waals surface area contributed by atoms with E-state index >= 15 is 0 Å². The van der Waals surface area contributed by atoms with E-state index in [1.54, 1.807) is 0 Å². The SMILES string of the molecule is C[C@@]1(F)[C@@H]2OC(=O)OC[C@H]2O[C@H]1n1ccc(=O)[nH]c1=O. The summed E-state index contributed by atoms with van der Waals surface area (Å²) < 4.78 is 30.6. The first-order valence-electron chi connectivity index (χ1n) is 5.89. The number of carbonyl (C=O) groups is 1. The zero-order valence-corrected chi connectivity index (χ0v) is 10.4. The van der Waals surface area contributed by atoms with E-state index in [-0.39, 0.29) is 6.61 Å². The molecule has 3 rings (SSSR count). The molecule has 2 saturated heterocycles. The van der Waals surface area contributed by atoms with Crippen molar-refractivity contribution in [3.63, 3.8) is 0 Å². The van der Waals surface area contributed by atoms with Gasteiger partial charge in [0.05, 0.1) is 0 Å². The normalized spacial score (nSPS) is 36.1. The quantitative estimate of drug-likeness (QED) is 0.711. The van der Waals surface area contributed by atoms with Gasteiger partial charge in [0.2, 0.25) is 0 Å². The van der Waals surface area contributed by atoms with Crippen LogP contribution < -0.4 is 11.2 Å². The Morgan fingerprint density at radius 1 is 1.45 bits per heavy atom. The fourth-order valence-corrected chi connectivity index (χ4v) is 2.43. The van der Waals surface area contributed by atoms with Gasteiger partial charge in [0.15, 0.2) is 18.0 Å². The number of aromatic nitrogens is 2. The minimum Gasteiger partial charge on any atom is -0.431 e. The van der Waals surface area contributed by atoms with Crippen LogP contribution in [-0.2, 0) is 14.2 Å². The molecule has 2 fully saturated rings. The summed E-state index contributed by atoms with van der Waals surface area (Å²) in [5.41, 5.74) is -3.54. The number of hydrogen-bond donors (Lipinski definition) is 1. The van der Waals surface area contributed by atoms with E-state index in [4.69, 9.17) is 9.47 Å². The highest BCUT2D eigenvalue weighted by molar-refractivity contribution is 5.61. The van der Waals surface area contributed by atoms with Crippen molar-refractivity contribution in [3.8, 4) is 0 Å². The first kappa shape index (κ1) is 12.9. The first-order chi connectivity index (χ1) is 9.39. The first-order valence-corrected chi connectivity index (χ1v) is 5.89. The molecule has 2 aliphatic rings. The van der Waals surface area contributed by atoms with Crippen molar-refractivity contribution in [1.82, 2.24) is 9.55 Å². The Morgan fingerprint density at radius 3 is 2.90 bits per heavy atom. The lowest BCUT2D eigenvalue weighted by Gasteiger charge is -2.29. The summed E-state index contributed by atoms with van der Waals surface area (Å²) in [6.07, 6.45) is -3.16. The lowest BCUT2D eigenvalue weighted by atomic mass is 9.98. The average Bonchev–Trinajstić information content (AvgIpc) is 2.62. The fraction of sp³-hybridized carbons (Fsp3) is 0.545. The van der Waals surface area contributed by atoms with Crippen molar-refractivity contribution in [2.24, 2.45) is 0 Å². The van der Waals surface area contributed by atoms with Crippen molar-refractivity contribution in [2.45, 2.75) is 31.0 Å². The summed E-state index contributed by atoms with van der Waals surface area (Å²) in [7, 11) is 0. The van der Waals surface area contributed by atoms with Crippen LogP contribution in [-0.4, -0.2) is 40.2 Å². The number of fused-ring (bicyclic) bond motifs is 1. The van der Waals surface area contributed by atoms with Crippen molar-refractivity contribution in [3.05, 3.63) is 33.1 Å². The molecule has 0 unspecified atom stereocenters. The molecule has 1 aromatic rings. The largest absolute Gasteiger partial charge is 0.508 e. The molecule has 0 aromatic carbocycles. The second-order valence-electron chi connectivity index (χ2n) is 4.79. The van der Waals surface area contributed by atoms with Crippen molar-refractivity contribution < 1.29 is 23.4 Å². The second-order valence-corrected chi connectivity index (χ2v) is 4.79. The minimum atomic E-state index is -2.13. The van der Waals surface area contributed by atoms with Gasteiger partial charge in [-0.2, -0.15) is 0 Å². The van der Waals surface area contributed by atoms with Crippen LogP contribution in [0, 0.1) is 0 Å². The topological polar surface area (TPSA) is 99.6 Å². The van der Waals surface area contributed by atoms with Gasteiger partial charge in [-0.3, -0.25) is 14.3 Å². The van der Waals surface area contributed by atoms with Crippen LogP contribution in [0.1, 0.15) is 13.2 Å². The summed E-state index contributed by atoms with van der Waals surface area (Å²) in [4.78, 5) is 35.8. The van der Waals surface area contributed by atoms with Gasteiger partial charge in [-0.05, 0) is 6.92 Å². The van der Waals surface area contributed by atoms with Gasteiger partial charge < -0.3 is 14.2 Å². The maximum Gasteiger partial charge on any atom is 0.508 e. The zero-order valence-electron chi connectivity index (χ0n) is 10.4. The highest BCUT2D eigenvalue weighted by Gasteiger charge is 2.60. The molecule has 8 nitrogen and oxygen atoms in total. The van der Waals surface area contributed by atoms with Gasteiger partial charge in [0.25, 0.3) is 5.56 Å². The second kappa shape index (κ2) is 4.17. The number of alkyl halides is 1. The van der Waals surface area contributed by atoms with E-state index in [0.717, 1.165) is 16.8 Å². The Labute approximate surface area is 111 Å². The van der Waals surface area contributed by atoms with Crippen LogP contribution in [0.15, 0.2) is 21.9 Å². The molecule has 0 aliphatic carbocycles. The van der Waals surface area contributed by atoms with Gasteiger partial charge in [-0.15, -0.1) is 0 Å². The predicted molar refractivity (Wildman–Crippen MR) is 61.0 cm³/mol. The average molecular weight is 286 g/mol. The van der Waals surface area contributed by atoms with Crippen LogP contribution in [0.3, 0.4) is 0 Å². The highest BCUT2D eigenvalue weighted by Crippen LogP contribution is 2.43. The lowest BCUT2D eigenvalue weighted by Crippen LogP contribution is -2.48. The summed E-state index contributed by atoms with van der Waals surface area (Å²) >= 11 is 0. The zero-order chi connectivity index (χ0) is 14.5. The van der Waals surface area contributed by atoms with Crippen molar-refractivity contribution in [1.29, 1.82) is 0 Å². The Kier molecular flexibility index (Phi) is 2.68. The number of hydrogen-bond acceptors (Lipinski definition) is 6. The van der Waals surface area contributed by atoms with Crippen LogP contribution >= 0.6 is 0 Å². The number of ether oxygens (including phenoxy) is 3. The number of rotatable bonds is 1. The Hall–Kier alpha value is -2.16. The maximum absolute atomic E-state index is 14.8. The van der Waals surface area contributed by atoms with Gasteiger partial charge in [0.1, 0.15) is 12.7 Å². The molecule has 0 bridgehead atoms. The Bertz CT molecular complexity index is 665. The van der Waals surface area contributed by atoms with Gasteiger partial charge >= 0.3 is 11.8 Å². The van der Waals surface area contributed by atoms with E-state index in [9.17, 15) is 18.8 Å². The molecule has 9 heteroatoms. The molecule has 0 spiro atoms.